The number of rotatable bonds is 8. The second-order valence-electron chi connectivity index (χ2n) is 3.80. The maximum atomic E-state index is 11.3. The van der Waals surface area contributed by atoms with Crippen LogP contribution in [0, 0.1) is 0 Å². The molecule has 0 saturated carbocycles. The van der Waals surface area contributed by atoms with Crippen molar-refractivity contribution in [3.8, 4) is 0 Å². The Labute approximate surface area is 93.1 Å². The molecular weight excluding hydrogens is 190 g/mol. The molecule has 0 atom stereocenters. The van der Waals surface area contributed by atoms with Crippen LogP contribution in [0.1, 0.15) is 46.5 Å². The normalized spacial score (nSPS) is 10.4. The van der Waals surface area contributed by atoms with Crippen molar-refractivity contribution in [3.05, 3.63) is 12.2 Å². The summed E-state index contributed by atoms with van der Waals surface area (Å²) in [7, 11) is 0. The van der Waals surface area contributed by atoms with Crippen LogP contribution in [0.4, 0.5) is 0 Å². The van der Waals surface area contributed by atoms with Gasteiger partial charge in [0.05, 0.1) is 0 Å². The number of hydrogen-bond donors (Lipinski definition) is 0. The third kappa shape index (κ3) is 7.14. The summed E-state index contributed by atoms with van der Waals surface area (Å²) < 4.78 is 0. The Morgan fingerprint density at radius 3 is 2.00 bits per heavy atom. The van der Waals surface area contributed by atoms with Crippen LogP contribution in [-0.4, -0.2) is 24.1 Å². The highest BCUT2D eigenvalue weighted by molar-refractivity contribution is 5.86. The van der Waals surface area contributed by atoms with Gasteiger partial charge in [0.25, 0.3) is 0 Å². The smallest absolute Gasteiger partial charge is 0.352 e. The zero-order valence-electron chi connectivity index (χ0n) is 10.2. The van der Waals surface area contributed by atoms with Crippen molar-refractivity contribution in [2.75, 3.05) is 13.1 Å². The molecule has 0 rings (SSSR count). The molecule has 0 amide bonds. The monoisotopic (exact) mass is 213 g/mol. The number of hydroxylamine groups is 2. The van der Waals surface area contributed by atoms with Gasteiger partial charge in [-0.3, -0.25) is 0 Å². The third-order valence-electron chi connectivity index (χ3n) is 2.08. The van der Waals surface area contributed by atoms with Gasteiger partial charge in [-0.2, -0.15) is 0 Å². The van der Waals surface area contributed by atoms with E-state index in [-0.39, 0.29) is 5.97 Å². The zero-order valence-corrected chi connectivity index (χ0v) is 10.2. The van der Waals surface area contributed by atoms with E-state index in [0.717, 1.165) is 38.8 Å². The predicted molar refractivity (Wildman–Crippen MR) is 62.3 cm³/mol. The Morgan fingerprint density at radius 1 is 1.20 bits per heavy atom. The van der Waals surface area contributed by atoms with Crippen molar-refractivity contribution in [2.45, 2.75) is 46.5 Å². The van der Waals surface area contributed by atoms with Gasteiger partial charge in [0.15, 0.2) is 0 Å². The van der Waals surface area contributed by atoms with Crippen LogP contribution in [0.25, 0.3) is 0 Å². The first-order chi connectivity index (χ1) is 7.11. The predicted octanol–water partition coefficient (Wildman–Crippen LogP) is 2.92. The van der Waals surface area contributed by atoms with Crippen LogP contribution in [-0.2, 0) is 9.63 Å². The second-order valence-corrected chi connectivity index (χ2v) is 3.80. The van der Waals surface area contributed by atoms with Crippen molar-refractivity contribution < 1.29 is 9.63 Å². The molecule has 0 aromatic heterocycles. The van der Waals surface area contributed by atoms with Crippen LogP contribution < -0.4 is 0 Å². The molecule has 0 radical (unpaired) electrons. The average Bonchev–Trinajstić information content (AvgIpc) is 2.21. The highest BCUT2D eigenvalue weighted by Crippen LogP contribution is 2.03. The fourth-order valence-corrected chi connectivity index (χ4v) is 1.07. The van der Waals surface area contributed by atoms with Crippen molar-refractivity contribution in [1.29, 1.82) is 0 Å². The molecule has 0 fully saturated rings. The molecule has 0 aromatic carbocycles. The Kier molecular flexibility index (Phi) is 8.01. The molecule has 88 valence electrons. The van der Waals surface area contributed by atoms with Gasteiger partial charge in [-0.15, -0.1) is 5.06 Å². The maximum absolute atomic E-state index is 11.3. The molecule has 0 aliphatic rings. The zero-order chi connectivity index (χ0) is 11.7. The molecule has 0 unspecified atom stereocenters. The molecule has 0 spiro atoms. The highest BCUT2D eigenvalue weighted by atomic mass is 16.7. The van der Waals surface area contributed by atoms with E-state index in [4.69, 9.17) is 4.84 Å². The van der Waals surface area contributed by atoms with E-state index in [1.165, 1.54) is 0 Å². The van der Waals surface area contributed by atoms with Crippen LogP contribution >= 0.6 is 0 Å². The molecule has 15 heavy (non-hydrogen) atoms. The topological polar surface area (TPSA) is 29.5 Å². The Hall–Kier alpha value is -0.830. The van der Waals surface area contributed by atoms with Gasteiger partial charge in [0.1, 0.15) is 0 Å². The van der Waals surface area contributed by atoms with Gasteiger partial charge in [-0.1, -0.05) is 33.3 Å². The van der Waals surface area contributed by atoms with E-state index in [9.17, 15) is 4.79 Å². The highest BCUT2D eigenvalue weighted by Gasteiger charge is 2.11. The first-order valence-corrected chi connectivity index (χ1v) is 5.74. The first-order valence-electron chi connectivity index (χ1n) is 5.74. The van der Waals surface area contributed by atoms with Crippen LogP contribution in [0.2, 0.25) is 0 Å². The molecule has 0 saturated heterocycles. The molecule has 3 heteroatoms. The average molecular weight is 213 g/mol. The Bertz CT molecular complexity index is 194. The lowest BCUT2D eigenvalue weighted by molar-refractivity contribution is -0.186. The van der Waals surface area contributed by atoms with Crippen molar-refractivity contribution >= 4 is 5.97 Å². The van der Waals surface area contributed by atoms with E-state index in [0.29, 0.717) is 5.57 Å². The minimum absolute atomic E-state index is 0.317. The fourth-order valence-electron chi connectivity index (χ4n) is 1.07. The number of carbonyl (C=O) groups excluding carboxylic acids is 1. The number of unbranched alkanes of at least 4 members (excludes halogenated alkanes) is 2. The lowest BCUT2D eigenvalue weighted by atomic mass is 10.3. The Morgan fingerprint density at radius 2 is 1.67 bits per heavy atom. The number of hydrogen-bond acceptors (Lipinski definition) is 3. The lowest BCUT2D eigenvalue weighted by Crippen LogP contribution is -2.29. The van der Waals surface area contributed by atoms with E-state index in [1.807, 2.05) is 0 Å². The van der Waals surface area contributed by atoms with Crippen molar-refractivity contribution in [2.24, 2.45) is 0 Å². The van der Waals surface area contributed by atoms with Crippen LogP contribution in [0.3, 0.4) is 0 Å². The largest absolute Gasteiger partial charge is 0.364 e. The summed E-state index contributed by atoms with van der Waals surface area (Å²) in [5.74, 6) is -0.317. The van der Waals surface area contributed by atoms with E-state index in [1.54, 1.807) is 12.0 Å². The summed E-state index contributed by atoms with van der Waals surface area (Å²) in [4.78, 5) is 16.5. The van der Waals surface area contributed by atoms with Gasteiger partial charge >= 0.3 is 5.97 Å². The molecule has 0 aliphatic carbocycles. The molecule has 0 aromatic rings. The van der Waals surface area contributed by atoms with Gasteiger partial charge in [0.2, 0.25) is 0 Å². The van der Waals surface area contributed by atoms with Gasteiger partial charge in [-0.25, -0.2) is 4.79 Å². The molecule has 0 heterocycles. The third-order valence-corrected chi connectivity index (χ3v) is 2.08. The van der Waals surface area contributed by atoms with Crippen LogP contribution in [0.15, 0.2) is 12.2 Å². The second kappa shape index (κ2) is 8.48. The van der Waals surface area contributed by atoms with E-state index < -0.39 is 0 Å². The fraction of sp³-hybridized carbons (Fsp3) is 0.750. The quantitative estimate of drug-likeness (QED) is 0.458. The summed E-state index contributed by atoms with van der Waals surface area (Å²) in [6.07, 6.45) is 4.31. The summed E-state index contributed by atoms with van der Waals surface area (Å²) in [6, 6.07) is 0. The van der Waals surface area contributed by atoms with Crippen LogP contribution in [0.5, 0.6) is 0 Å². The molecule has 0 N–H and O–H groups in total. The minimum atomic E-state index is -0.317. The van der Waals surface area contributed by atoms with Gasteiger partial charge in [-0.05, 0) is 19.8 Å². The summed E-state index contributed by atoms with van der Waals surface area (Å²) in [6.45, 7) is 11.1. The number of nitrogens with zero attached hydrogens (tertiary/aromatic N) is 1. The number of carbonyl (C=O) groups is 1. The SMILES string of the molecule is C=C(C)C(=O)ON(CCCC)CCCC. The van der Waals surface area contributed by atoms with Gasteiger partial charge < -0.3 is 4.84 Å². The maximum Gasteiger partial charge on any atom is 0.352 e. The molecule has 0 aliphatic heterocycles. The Balaban J connectivity index is 3.98. The summed E-state index contributed by atoms with van der Waals surface area (Å²) in [5.41, 5.74) is 0.452. The standard InChI is InChI=1S/C12H23NO2/c1-5-7-9-13(10-8-6-2)15-12(14)11(3)4/h3,5-10H2,1-2,4H3. The van der Waals surface area contributed by atoms with Gasteiger partial charge in [0, 0.05) is 18.7 Å². The molecule has 0 bridgehead atoms. The minimum Gasteiger partial charge on any atom is -0.364 e. The molecular formula is C12H23NO2. The summed E-state index contributed by atoms with van der Waals surface area (Å²) >= 11 is 0. The van der Waals surface area contributed by atoms with Crippen molar-refractivity contribution in [3.63, 3.8) is 0 Å². The van der Waals surface area contributed by atoms with E-state index in [2.05, 4.69) is 20.4 Å². The molecule has 3 nitrogen and oxygen atoms in total. The summed E-state index contributed by atoms with van der Waals surface area (Å²) in [5, 5.41) is 1.75. The van der Waals surface area contributed by atoms with Crippen molar-refractivity contribution in [1.82, 2.24) is 5.06 Å². The van der Waals surface area contributed by atoms with E-state index >= 15 is 0 Å². The lowest BCUT2D eigenvalue weighted by Gasteiger charge is -2.20. The first kappa shape index (κ1) is 14.2.